The summed E-state index contributed by atoms with van der Waals surface area (Å²) in [6.45, 7) is 1.17. The monoisotopic (exact) mass is 233 g/mol. The number of halogens is 1. The van der Waals surface area contributed by atoms with E-state index < -0.39 is 0 Å². The van der Waals surface area contributed by atoms with Gasteiger partial charge in [0.15, 0.2) is 5.82 Å². The van der Waals surface area contributed by atoms with Gasteiger partial charge in [-0.25, -0.2) is 9.07 Å². The molecule has 1 aliphatic rings. The smallest absolute Gasteiger partial charge is 0.151 e. The Bertz CT molecular complexity index is 548. The van der Waals surface area contributed by atoms with Gasteiger partial charge in [-0.05, 0) is 24.3 Å². The van der Waals surface area contributed by atoms with E-state index in [9.17, 15) is 4.39 Å². The lowest BCUT2D eigenvalue weighted by molar-refractivity contribution is 0.110. The van der Waals surface area contributed by atoms with Crippen LogP contribution in [-0.2, 0) is 17.8 Å². The molecule has 88 valence electrons. The molecule has 0 amide bonds. The highest BCUT2D eigenvalue weighted by atomic mass is 19.1. The molecule has 0 radical (unpaired) electrons. The van der Waals surface area contributed by atoms with Crippen LogP contribution in [0.4, 0.5) is 10.2 Å². The second-order valence-corrected chi connectivity index (χ2v) is 4.00. The summed E-state index contributed by atoms with van der Waals surface area (Å²) in [4.78, 5) is 0. The Morgan fingerprint density at radius 3 is 2.82 bits per heavy atom. The van der Waals surface area contributed by atoms with Gasteiger partial charge in [0.25, 0.3) is 0 Å². The number of nitrogen functional groups attached to an aromatic ring is 1. The molecule has 17 heavy (non-hydrogen) atoms. The Hall–Kier alpha value is -1.88. The molecule has 2 heterocycles. The third-order valence-electron chi connectivity index (χ3n) is 2.92. The predicted molar refractivity (Wildman–Crippen MR) is 61.3 cm³/mol. The first-order valence-corrected chi connectivity index (χ1v) is 5.45. The average molecular weight is 233 g/mol. The van der Waals surface area contributed by atoms with Gasteiger partial charge in [-0.1, -0.05) is 0 Å². The highest BCUT2D eigenvalue weighted by molar-refractivity contribution is 5.47. The van der Waals surface area contributed by atoms with Crippen LogP contribution in [0.5, 0.6) is 0 Å². The van der Waals surface area contributed by atoms with Crippen molar-refractivity contribution in [3.63, 3.8) is 0 Å². The van der Waals surface area contributed by atoms with E-state index in [0.717, 1.165) is 23.4 Å². The number of hydrogen-bond acceptors (Lipinski definition) is 3. The van der Waals surface area contributed by atoms with E-state index in [2.05, 4.69) is 5.10 Å². The van der Waals surface area contributed by atoms with E-state index in [1.54, 1.807) is 16.8 Å². The van der Waals surface area contributed by atoms with Crippen molar-refractivity contribution < 1.29 is 9.13 Å². The molecule has 5 heteroatoms. The summed E-state index contributed by atoms with van der Waals surface area (Å²) in [6.07, 6.45) is 0.775. The number of nitrogens with two attached hydrogens (primary N) is 1. The molecule has 0 unspecified atom stereocenters. The molecule has 0 bridgehead atoms. The van der Waals surface area contributed by atoms with E-state index >= 15 is 0 Å². The fourth-order valence-corrected chi connectivity index (χ4v) is 2.06. The van der Waals surface area contributed by atoms with Crippen molar-refractivity contribution in [2.24, 2.45) is 0 Å². The van der Waals surface area contributed by atoms with Gasteiger partial charge in [-0.2, -0.15) is 5.10 Å². The lowest BCUT2D eigenvalue weighted by Crippen LogP contribution is -2.13. The number of nitrogens with zero attached hydrogens (tertiary/aromatic N) is 2. The minimum atomic E-state index is -0.258. The zero-order valence-electron chi connectivity index (χ0n) is 9.19. The summed E-state index contributed by atoms with van der Waals surface area (Å²) in [7, 11) is 0. The van der Waals surface area contributed by atoms with Crippen molar-refractivity contribution in [3.8, 4) is 5.69 Å². The SMILES string of the molecule is Nc1nn(-c2ccc(F)cc2)c2c1COCC2. The van der Waals surface area contributed by atoms with Gasteiger partial charge in [0.05, 0.1) is 24.6 Å². The van der Waals surface area contributed by atoms with Crippen LogP contribution in [0.2, 0.25) is 0 Å². The molecule has 1 aromatic carbocycles. The Kier molecular flexibility index (Phi) is 2.33. The Balaban J connectivity index is 2.11. The standard InChI is InChI=1S/C12H12FN3O/c13-8-1-3-9(4-2-8)16-11-5-6-17-7-10(11)12(14)15-16/h1-4H,5-7H2,(H2,14,15). The maximum Gasteiger partial charge on any atom is 0.151 e. The molecule has 0 atom stereocenters. The zero-order chi connectivity index (χ0) is 11.8. The largest absolute Gasteiger partial charge is 0.382 e. The molecule has 3 rings (SSSR count). The zero-order valence-corrected chi connectivity index (χ0v) is 9.19. The van der Waals surface area contributed by atoms with Gasteiger partial charge in [0.2, 0.25) is 0 Å². The second kappa shape index (κ2) is 3.85. The number of fused-ring (bicyclic) bond motifs is 1. The first-order chi connectivity index (χ1) is 8.25. The number of hydrogen-bond donors (Lipinski definition) is 1. The van der Waals surface area contributed by atoms with Gasteiger partial charge < -0.3 is 10.5 Å². The molecule has 2 aromatic rings. The third-order valence-corrected chi connectivity index (χ3v) is 2.92. The number of rotatable bonds is 1. The number of ether oxygens (including phenoxy) is 1. The normalized spacial score (nSPS) is 14.6. The molecular formula is C12H12FN3O. The van der Waals surface area contributed by atoms with Gasteiger partial charge >= 0.3 is 0 Å². The fourth-order valence-electron chi connectivity index (χ4n) is 2.06. The third kappa shape index (κ3) is 1.68. The van der Waals surface area contributed by atoms with Crippen molar-refractivity contribution in [1.82, 2.24) is 9.78 Å². The fraction of sp³-hybridized carbons (Fsp3) is 0.250. The molecule has 0 spiro atoms. The summed E-state index contributed by atoms with van der Waals surface area (Å²) in [6, 6.07) is 6.22. The Morgan fingerprint density at radius 2 is 2.06 bits per heavy atom. The van der Waals surface area contributed by atoms with Crippen LogP contribution in [0.3, 0.4) is 0 Å². The van der Waals surface area contributed by atoms with Crippen LogP contribution in [0, 0.1) is 5.82 Å². The van der Waals surface area contributed by atoms with Crippen LogP contribution in [0.1, 0.15) is 11.3 Å². The molecule has 0 fully saturated rings. The van der Waals surface area contributed by atoms with Crippen LogP contribution < -0.4 is 5.73 Å². The van der Waals surface area contributed by atoms with Crippen molar-refractivity contribution in [3.05, 3.63) is 41.3 Å². The average Bonchev–Trinajstić information content (AvgIpc) is 2.69. The first-order valence-electron chi connectivity index (χ1n) is 5.45. The van der Waals surface area contributed by atoms with Gasteiger partial charge in [-0.3, -0.25) is 0 Å². The van der Waals surface area contributed by atoms with Crippen molar-refractivity contribution in [2.75, 3.05) is 12.3 Å². The molecule has 0 saturated heterocycles. The summed E-state index contributed by atoms with van der Waals surface area (Å²) in [5.41, 5.74) is 8.66. The quantitative estimate of drug-likeness (QED) is 0.815. The molecular weight excluding hydrogens is 221 g/mol. The van der Waals surface area contributed by atoms with E-state index in [4.69, 9.17) is 10.5 Å². The molecule has 1 aliphatic heterocycles. The lowest BCUT2D eigenvalue weighted by atomic mass is 10.1. The van der Waals surface area contributed by atoms with Crippen LogP contribution in [0.25, 0.3) is 5.69 Å². The van der Waals surface area contributed by atoms with E-state index in [-0.39, 0.29) is 5.82 Å². The molecule has 2 N–H and O–H groups in total. The highest BCUT2D eigenvalue weighted by Gasteiger charge is 2.20. The highest BCUT2D eigenvalue weighted by Crippen LogP contribution is 2.25. The summed E-state index contributed by atoms with van der Waals surface area (Å²) in [5, 5.41) is 4.28. The Morgan fingerprint density at radius 1 is 1.29 bits per heavy atom. The number of anilines is 1. The molecule has 0 aliphatic carbocycles. The number of aromatic nitrogens is 2. The molecule has 1 aromatic heterocycles. The topological polar surface area (TPSA) is 53.1 Å². The summed E-state index contributed by atoms with van der Waals surface area (Å²) < 4.78 is 20.0. The predicted octanol–water partition coefficient (Wildman–Crippen LogP) is 1.67. The van der Waals surface area contributed by atoms with E-state index in [1.165, 1.54) is 12.1 Å². The van der Waals surface area contributed by atoms with Crippen molar-refractivity contribution in [2.45, 2.75) is 13.0 Å². The van der Waals surface area contributed by atoms with Gasteiger partial charge in [0, 0.05) is 12.0 Å². The minimum absolute atomic E-state index is 0.258. The molecule has 0 saturated carbocycles. The Labute approximate surface area is 97.8 Å². The first kappa shape index (κ1) is 10.3. The number of benzene rings is 1. The maximum atomic E-state index is 12.9. The van der Waals surface area contributed by atoms with Crippen LogP contribution >= 0.6 is 0 Å². The lowest BCUT2D eigenvalue weighted by Gasteiger charge is -2.14. The van der Waals surface area contributed by atoms with Crippen LogP contribution in [-0.4, -0.2) is 16.4 Å². The van der Waals surface area contributed by atoms with Crippen LogP contribution in [0.15, 0.2) is 24.3 Å². The van der Waals surface area contributed by atoms with Crippen molar-refractivity contribution in [1.29, 1.82) is 0 Å². The minimum Gasteiger partial charge on any atom is -0.382 e. The molecule has 4 nitrogen and oxygen atoms in total. The summed E-state index contributed by atoms with van der Waals surface area (Å²) >= 11 is 0. The maximum absolute atomic E-state index is 12.9. The van der Waals surface area contributed by atoms with Gasteiger partial charge in [0.1, 0.15) is 5.82 Å². The van der Waals surface area contributed by atoms with E-state index in [0.29, 0.717) is 19.0 Å². The van der Waals surface area contributed by atoms with Gasteiger partial charge in [-0.15, -0.1) is 0 Å². The second-order valence-electron chi connectivity index (χ2n) is 4.00. The van der Waals surface area contributed by atoms with Crippen molar-refractivity contribution >= 4 is 5.82 Å². The summed E-state index contributed by atoms with van der Waals surface area (Å²) in [5.74, 6) is 0.232. The van der Waals surface area contributed by atoms with E-state index in [1.807, 2.05) is 0 Å².